The van der Waals surface area contributed by atoms with Crippen LogP contribution >= 0.6 is 11.6 Å². The Bertz CT molecular complexity index is 1530. The van der Waals surface area contributed by atoms with Crippen LogP contribution in [0.3, 0.4) is 0 Å². The number of nitrogens with two attached hydrogens (primary N) is 1. The summed E-state index contributed by atoms with van der Waals surface area (Å²) in [6.07, 6.45) is 4.50. The van der Waals surface area contributed by atoms with E-state index >= 15 is 4.39 Å². The number of amides is 1. The molecule has 224 valence electrons. The lowest BCUT2D eigenvalue weighted by molar-refractivity contribution is -0.122. The molecule has 43 heavy (non-hydrogen) atoms. The summed E-state index contributed by atoms with van der Waals surface area (Å²) in [4.78, 5) is 28.0. The van der Waals surface area contributed by atoms with Crippen molar-refractivity contribution in [3.8, 4) is 6.07 Å². The topological polar surface area (TPSA) is 137 Å². The van der Waals surface area contributed by atoms with Crippen LogP contribution in [0.2, 0.25) is 5.02 Å². The summed E-state index contributed by atoms with van der Waals surface area (Å²) in [5.74, 6) is 0.208. The smallest absolute Gasteiger partial charge is 0.223 e. The van der Waals surface area contributed by atoms with Gasteiger partial charge in [-0.25, -0.2) is 19.4 Å². The van der Waals surface area contributed by atoms with Crippen LogP contribution in [-0.4, -0.2) is 47.3 Å². The number of benzene rings is 2. The maximum Gasteiger partial charge on any atom is 0.223 e. The van der Waals surface area contributed by atoms with E-state index in [1.54, 1.807) is 0 Å². The summed E-state index contributed by atoms with van der Waals surface area (Å²) >= 11 is 6.37. The Labute approximate surface area is 255 Å². The highest BCUT2D eigenvalue weighted by atomic mass is 35.5. The van der Waals surface area contributed by atoms with Crippen molar-refractivity contribution in [2.24, 2.45) is 21.6 Å². The van der Waals surface area contributed by atoms with Crippen molar-refractivity contribution in [2.45, 2.75) is 57.5 Å². The van der Waals surface area contributed by atoms with Gasteiger partial charge in [0.15, 0.2) is 0 Å². The molecular weight excluding hydrogens is 569 g/mol. The van der Waals surface area contributed by atoms with Gasteiger partial charge in [0.25, 0.3) is 0 Å². The number of imidazole rings is 1. The molecule has 1 saturated carbocycles. The van der Waals surface area contributed by atoms with Gasteiger partial charge in [-0.2, -0.15) is 5.26 Å². The highest BCUT2D eigenvalue weighted by molar-refractivity contribution is 6.33. The third-order valence-corrected chi connectivity index (χ3v) is 8.46. The predicted molar refractivity (Wildman–Crippen MR) is 169 cm³/mol. The number of carbonyl (C=O) groups is 1. The number of hydrogen-bond acceptors (Lipinski definition) is 6. The first-order valence-corrected chi connectivity index (χ1v) is 14.8. The largest absolute Gasteiger partial charge is 0.369 e. The Morgan fingerprint density at radius 1 is 1.21 bits per heavy atom. The second-order valence-electron chi connectivity index (χ2n) is 11.0. The van der Waals surface area contributed by atoms with E-state index < -0.39 is 5.82 Å². The van der Waals surface area contributed by atoms with E-state index in [-0.39, 0.29) is 40.2 Å². The van der Waals surface area contributed by atoms with Crippen LogP contribution in [0.5, 0.6) is 0 Å². The monoisotopic (exact) mass is 603 g/mol. The number of nitrogens with one attached hydrogen (secondary N) is 2. The van der Waals surface area contributed by atoms with Gasteiger partial charge in [0.05, 0.1) is 34.1 Å². The number of aryl methyl sites for hydroxylation is 1. The number of halogens is 2. The fraction of sp³-hybridized carbons (Fsp3) is 0.387. The Kier molecular flexibility index (Phi) is 9.26. The average molecular weight is 604 g/mol. The van der Waals surface area contributed by atoms with Gasteiger partial charge in [-0.05, 0) is 76.4 Å². The van der Waals surface area contributed by atoms with Gasteiger partial charge in [0, 0.05) is 30.7 Å². The number of nitriles is 1. The number of aromatic nitrogens is 2. The third kappa shape index (κ3) is 6.81. The van der Waals surface area contributed by atoms with Crippen molar-refractivity contribution in [1.29, 1.82) is 5.26 Å². The van der Waals surface area contributed by atoms with Gasteiger partial charge < -0.3 is 21.3 Å². The molecule has 2 fully saturated rings. The van der Waals surface area contributed by atoms with Crippen molar-refractivity contribution in [3.63, 3.8) is 0 Å². The molecule has 1 atom stereocenters. The van der Waals surface area contributed by atoms with Crippen LogP contribution in [0, 0.1) is 30.0 Å². The number of piperidine rings is 1. The number of rotatable bonds is 7. The number of carbonyl (C=O) groups excluding carboxylic acids is 1. The highest BCUT2D eigenvalue weighted by Crippen LogP contribution is 2.39. The zero-order valence-corrected chi connectivity index (χ0v) is 24.8. The summed E-state index contributed by atoms with van der Waals surface area (Å²) in [5.41, 5.74) is 7.52. The van der Waals surface area contributed by atoms with Gasteiger partial charge in [0.2, 0.25) is 17.8 Å². The minimum absolute atomic E-state index is 0.00813. The van der Waals surface area contributed by atoms with Crippen LogP contribution < -0.4 is 21.3 Å². The molecule has 2 heterocycles. The molecule has 1 aromatic heterocycles. The minimum atomic E-state index is -0.668. The van der Waals surface area contributed by atoms with E-state index in [9.17, 15) is 10.1 Å². The van der Waals surface area contributed by atoms with E-state index in [0.717, 1.165) is 37.7 Å². The van der Waals surface area contributed by atoms with Crippen LogP contribution in [-0.2, 0) is 4.79 Å². The molecule has 1 saturated heterocycles. The molecule has 3 aromatic rings. The Morgan fingerprint density at radius 3 is 2.60 bits per heavy atom. The molecular formula is C31H35ClFN9O. The van der Waals surface area contributed by atoms with Crippen LogP contribution in [0.1, 0.15) is 55.8 Å². The molecule has 0 spiro atoms. The van der Waals surface area contributed by atoms with E-state index in [0.29, 0.717) is 49.1 Å². The van der Waals surface area contributed by atoms with Gasteiger partial charge in [0.1, 0.15) is 11.6 Å². The molecule has 12 heteroatoms. The standard InChI is InChI=1S/C31H35ClFN9O/c1-19-29(40-30(36-2)38-22-7-6-14-41(18-22)23-8-4-3-5-9-23)42(24-12-10-21(11-13-24)28(35)43)31(37-19)39-27-25(32)15-20(17-34)16-26(27)33/h3-5,8-9,15-16,21-22,24H,2,6-7,10-14,18H2,1H3,(H2,35,43)(H,37,39)(H,38,40)/t21?,22-,24?/m1/s1. The summed E-state index contributed by atoms with van der Waals surface area (Å²) in [6, 6.07) is 14.6. The third-order valence-electron chi connectivity index (χ3n) is 8.16. The molecule has 2 aromatic carbocycles. The number of aliphatic imine (C=N–C) groups is 2. The Balaban J connectivity index is 1.46. The number of hydrogen-bond donors (Lipinski definition) is 3. The molecule has 5 rings (SSSR count). The number of nitrogens with zero attached hydrogens (tertiary/aromatic N) is 6. The fourth-order valence-electron chi connectivity index (χ4n) is 5.95. The van der Waals surface area contributed by atoms with Gasteiger partial charge in [-0.1, -0.05) is 29.8 Å². The van der Waals surface area contributed by atoms with Crippen molar-refractivity contribution < 1.29 is 9.18 Å². The van der Waals surface area contributed by atoms with Crippen molar-refractivity contribution in [2.75, 3.05) is 28.6 Å². The average Bonchev–Trinajstić information content (AvgIpc) is 3.32. The summed E-state index contributed by atoms with van der Waals surface area (Å²) in [7, 11) is 0. The van der Waals surface area contributed by atoms with Crippen molar-refractivity contribution in [1.82, 2.24) is 9.55 Å². The predicted octanol–water partition coefficient (Wildman–Crippen LogP) is 5.95. The summed E-state index contributed by atoms with van der Waals surface area (Å²) < 4.78 is 17.0. The zero-order chi connectivity index (χ0) is 30.5. The molecule has 10 nitrogen and oxygen atoms in total. The van der Waals surface area contributed by atoms with E-state index in [1.165, 1.54) is 6.07 Å². The lowest BCUT2D eigenvalue weighted by atomic mass is 9.85. The second kappa shape index (κ2) is 13.3. The zero-order valence-electron chi connectivity index (χ0n) is 24.1. The fourth-order valence-corrected chi connectivity index (χ4v) is 6.21. The Hall–Kier alpha value is -4.43. The number of anilines is 4. The first kappa shape index (κ1) is 30.0. The molecule has 2 aliphatic rings. The quantitative estimate of drug-likeness (QED) is 0.225. The van der Waals surface area contributed by atoms with E-state index in [4.69, 9.17) is 27.3 Å². The first-order chi connectivity index (χ1) is 20.8. The lowest BCUT2D eigenvalue weighted by Crippen LogP contribution is -2.38. The lowest BCUT2D eigenvalue weighted by Gasteiger charge is -2.33. The molecule has 0 radical (unpaired) electrons. The van der Waals surface area contributed by atoms with Crippen molar-refractivity contribution in [3.05, 3.63) is 64.6 Å². The van der Waals surface area contributed by atoms with Crippen LogP contribution in [0.25, 0.3) is 0 Å². The molecule has 1 amide bonds. The van der Waals surface area contributed by atoms with E-state index in [1.807, 2.05) is 35.8 Å². The number of guanidine groups is 1. The number of primary amides is 1. The number of para-hydroxylation sites is 1. The molecule has 0 bridgehead atoms. The van der Waals surface area contributed by atoms with Gasteiger partial charge in [-0.3, -0.25) is 9.36 Å². The summed E-state index contributed by atoms with van der Waals surface area (Å²) in [6.45, 7) is 7.33. The highest BCUT2D eigenvalue weighted by Gasteiger charge is 2.30. The Morgan fingerprint density at radius 2 is 1.95 bits per heavy atom. The maximum absolute atomic E-state index is 15.0. The van der Waals surface area contributed by atoms with Crippen LogP contribution in [0.15, 0.2) is 52.4 Å². The molecule has 0 unspecified atom stereocenters. The van der Waals surface area contributed by atoms with Crippen LogP contribution in [0.4, 0.5) is 27.5 Å². The molecule has 1 aliphatic heterocycles. The van der Waals surface area contributed by atoms with Gasteiger partial charge >= 0.3 is 0 Å². The summed E-state index contributed by atoms with van der Waals surface area (Å²) in [5, 5.41) is 15.7. The van der Waals surface area contributed by atoms with Gasteiger partial charge in [-0.15, -0.1) is 0 Å². The maximum atomic E-state index is 15.0. The minimum Gasteiger partial charge on any atom is -0.369 e. The SMILES string of the molecule is C=NC(=N[C@@H]1CCCN(c2ccccc2)C1)Nc1c(C)nc(Nc2c(F)cc(C#N)cc2Cl)n1C1CCC(C(N)=O)CC1. The molecule has 4 N–H and O–H groups in total. The van der Waals surface area contributed by atoms with Crippen molar-refractivity contribution >= 4 is 53.3 Å². The first-order valence-electron chi connectivity index (χ1n) is 14.4. The molecule has 1 aliphatic carbocycles. The second-order valence-corrected chi connectivity index (χ2v) is 11.4. The van der Waals surface area contributed by atoms with E-state index in [2.05, 4.69) is 39.4 Å². The normalized spacial score (nSPS) is 20.7.